The number of carbonyl (C=O) groups excluding carboxylic acids is 1. The number of carbonyl (C=O) groups is 1. The van der Waals surface area contributed by atoms with Crippen LogP contribution in [0.4, 0.5) is 0 Å². The molecule has 3 heterocycles. The molecular weight excluding hydrogens is 376 g/mol. The van der Waals surface area contributed by atoms with E-state index in [0.29, 0.717) is 22.9 Å². The summed E-state index contributed by atoms with van der Waals surface area (Å²) in [6, 6.07) is 11.2. The lowest BCUT2D eigenvalue weighted by Crippen LogP contribution is -2.23. The predicted molar refractivity (Wildman–Crippen MR) is 108 cm³/mol. The van der Waals surface area contributed by atoms with Gasteiger partial charge in [-0.2, -0.15) is 0 Å². The first-order valence-electron chi connectivity index (χ1n) is 8.78. The summed E-state index contributed by atoms with van der Waals surface area (Å²) in [5.74, 6) is 0.183. The minimum absolute atomic E-state index is 0.272. The third-order valence-corrected chi connectivity index (χ3v) is 4.79. The molecule has 0 atom stereocenters. The van der Waals surface area contributed by atoms with Crippen LogP contribution >= 0.6 is 11.6 Å². The van der Waals surface area contributed by atoms with Gasteiger partial charge in [-0.15, -0.1) is 0 Å². The number of methoxy groups -OCH3 is 1. The molecule has 0 fully saturated rings. The van der Waals surface area contributed by atoms with Gasteiger partial charge in [0, 0.05) is 30.9 Å². The first-order valence-corrected chi connectivity index (χ1v) is 9.16. The van der Waals surface area contributed by atoms with Crippen molar-refractivity contribution in [2.45, 2.75) is 13.5 Å². The van der Waals surface area contributed by atoms with Gasteiger partial charge in [-0.3, -0.25) is 4.79 Å². The van der Waals surface area contributed by atoms with Crippen LogP contribution in [0.2, 0.25) is 5.02 Å². The number of pyridine rings is 1. The molecule has 0 unspecified atom stereocenters. The summed E-state index contributed by atoms with van der Waals surface area (Å²) >= 11 is 6.41. The Labute approximate surface area is 167 Å². The van der Waals surface area contributed by atoms with Crippen LogP contribution in [0, 0.1) is 6.92 Å². The fourth-order valence-corrected chi connectivity index (χ4v) is 3.33. The van der Waals surface area contributed by atoms with Crippen LogP contribution in [0.1, 0.15) is 21.6 Å². The first kappa shape index (κ1) is 18.1. The normalized spacial score (nSPS) is 11.0. The Morgan fingerprint density at radius 2 is 2.00 bits per heavy atom. The molecule has 4 aromatic rings. The molecule has 0 saturated carbocycles. The van der Waals surface area contributed by atoms with Crippen LogP contribution in [0.3, 0.4) is 0 Å². The highest BCUT2D eigenvalue weighted by Crippen LogP contribution is 2.30. The lowest BCUT2D eigenvalue weighted by atomic mass is 10.1. The van der Waals surface area contributed by atoms with E-state index >= 15 is 0 Å². The summed E-state index contributed by atoms with van der Waals surface area (Å²) in [5, 5.41) is 3.35. The Bertz CT molecular complexity index is 1150. The summed E-state index contributed by atoms with van der Waals surface area (Å²) in [5.41, 5.74) is 3.88. The van der Waals surface area contributed by atoms with Gasteiger partial charge in [0.2, 0.25) is 0 Å². The molecule has 1 amide bonds. The number of aryl methyl sites for hydroxylation is 1. The number of fused-ring (bicyclic) bond motifs is 1. The van der Waals surface area contributed by atoms with E-state index < -0.39 is 0 Å². The van der Waals surface area contributed by atoms with Crippen LogP contribution in [0.5, 0.6) is 5.75 Å². The molecule has 4 rings (SSSR count). The van der Waals surface area contributed by atoms with E-state index in [0.717, 1.165) is 22.6 Å². The van der Waals surface area contributed by atoms with E-state index in [-0.39, 0.29) is 5.91 Å². The largest absolute Gasteiger partial charge is 0.496 e. The number of benzene rings is 1. The van der Waals surface area contributed by atoms with Crippen molar-refractivity contribution in [3.8, 4) is 11.4 Å². The van der Waals surface area contributed by atoms with Crippen LogP contribution in [0.25, 0.3) is 11.3 Å². The Balaban J connectivity index is 1.56. The number of hydrogen-bond acceptors (Lipinski definition) is 3. The summed E-state index contributed by atoms with van der Waals surface area (Å²) in [4.78, 5) is 17.3. The number of imidazole rings is 1. The van der Waals surface area contributed by atoms with Crippen LogP contribution in [-0.4, -0.2) is 27.0 Å². The maximum atomic E-state index is 12.7. The SMILES string of the molecule is COc1cc(-n2cccc2)c(Cl)cc1C(=O)NCc1cn2ccc(C)cc2n1. The van der Waals surface area contributed by atoms with Crippen molar-refractivity contribution in [2.24, 2.45) is 0 Å². The zero-order valence-corrected chi connectivity index (χ0v) is 16.3. The molecule has 0 aliphatic heterocycles. The molecule has 0 bridgehead atoms. The van der Waals surface area contributed by atoms with Gasteiger partial charge in [0.05, 0.1) is 35.6 Å². The number of rotatable bonds is 5. The van der Waals surface area contributed by atoms with Gasteiger partial charge < -0.3 is 19.0 Å². The molecular formula is C21H19ClN4O2. The van der Waals surface area contributed by atoms with E-state index in [1.54, 1.807) is 12.1 Å². The zero-order valence-electron chi connectivity index (χ0n) is 15.5. The van der Waals surface area contributed by atoms with Crippen molar-refractivity contribution >= 4 is 23.2 Å². The van der Waals surface area contributed by atoms with Gasteiger partial charge in [0.1, 0.15) is 11.4 Å². The van der Waals surface area contributed by atoms with Crippen molar-refractivity contribution < 1.29 is 9.53 Å². The minimum atomic E-state index is -0.272. The minimum Gasteiger partial charge on any atom is -0.496 e. The van der Waals surface area contributed by atoms with Gasteiger partial charge in [-0.25, -0.2) is 4.98 Å². The van der Waals surface area contributed by atoms with Crippen LogP contribution in [-0.2, 0) is 6.54 Å². The van der Waals surface area contributed by atoms with E-state index in [9.17, 15) is 4.79 Å². The van der Waals surface area contributed by atoms with Crippen molar-refractivity contribution in [1.29, 1.82) is 0 Å². The lowest BCUT2D eigenvalue weighted by molar-refractivity contribution is 0.0947. The van der Waals surface area contributed by atoms with Gasteiger partial charge in [-0.05, 0) is 42.8 Å². The van der Waals surface area contributed by atoms with Gasteiger partial charge in [0.25, 0.3) is 5.91 Å². The van der Waals surface area contributed by atoms with Crippen molar-refractivity contribution in [1.82, 2.24) is 19.3 Å². The molecule has 0 spiro atoms. The lowest BCUT2D eigenvalue weighted by Gasteiger charge is -2.13. The Morgan fingerprint density at radius 3 is 2.75 bits per heavy atom. The Hall–Kier alpha value is -3.25. The third-order valence-electron chi connectivity index (χ3n) is 4.49. The second kappa shape index (κ2) is 7.40. The molecule has 7 heteroatoms. The molecule has 6 nitrogen and oxygen atoms in total. The van der Waals surface area contributed by atoms with Gasteiger partial charge >= 0.3 is 0 Å². The fraction of sp³-hybridized carbons (Fsp3) is 0.143. The molecule has 0 aliphatic carbocycles. The van der Waals surface area contributed by atoms with Gasteiger partial charge in [-0.1, -0.05) is 11.6 Å². The average Bonchev–Trinajstić information content (AvgIpc) is 3.35. The molecule has 0 aliphatic rings. The monoisotopic (exact) mass is 394 g/mol. The molecule has 28 heavy (non-hydrogen) atoms. The molecule has 0 saturated heterocycles. The summed E-state index contributed by atoms with van der Waals surface area (Å²) in [7, 11) is 1.53. The number of nitrogens with zero attached hydrogens (tertiary/aromatic N) is 3. The molecule has 1 N–H and O–H groups in total. The van der Waals surface area contributed by atoms with Crippen molar-refractivity contribution in [3.05, 3.63) is 83.0 Å². The number of halogens is 1. The van der Waals surface area contributed by atoms with E-state index in [1.165, 1.54) is 7.11 Å². The second-order valence-electron chi connectivity index (χ2n) is 6.48. The average molecular weight is 395 g/mol. The maximum Gasteiger partial charge on any atom is 0.255 e. The quantitative estimate of drug-likeness (QED) is 0.556. The van der Waals surface area contributed by atoms with E-state index in [2.05, 4.69) is 10.3 Å². The number of ether oxygens (including phenoxy) is 1. The fourth-order valence-electron chi connectivity index (χ4n) is 3.07. The highest BCUT2D eigenvalue weighted by Gasteiger charge is 2.17. The smallest absolute Gasteiger partial charge is 0.255 e. The number of nitrogens with one attached hydrogen (secondary N) is 1. The summed E-state index contributed by atoms with van der Waals surface area (Å²) in [6.45, 7) is 2.32. The standard InChI is InChI=1S/C21H19ClN4O2/c1-14-5-8-26-13-15(24-20(26)9-14)12-23-21(27)16-10-17(22)18(11-19(16)28-2)25-6-3-4-7-25/h3-11,13H,12H2,1-2H3,(H,23,27). The summed E-state index contributed by atoms with van der Waals surface area (Å²) in [6.07, 6.45) is 7.61. The van der Waals surface area contributed by atoms with Crippen molar-refractivity contribution in [2.75, 3.05) is 7.11 Å². The van der Waals surface area contributed by atoms with E-state index in [4.69, 9.17) is 16.3 Å². The van der Waals surface area contributed by atoms with Crippen LogP contribution < -0.4 is 10.1 Å². The molecule has 0 radical (unpaired) electrons. The third kappa shape index (κ3) is 3.46. The highest BCUT2D eigenvalue weighted by atomic mass is 35.5. The first-order chi connectivity index (χ1) is 13.5. The second-order valence-corrected chi connectivity index (χ2v) is 6.89. The van der Waals surface area contributed by atoms with E-state index in [1.807, 2.05) is 64.9 Å². The summed E-state index contributed by atoms with van der Waals surface area (Å²) < 4.78 is 9.22. The van der Waals surface area contributed by atoms with Gasteiger partial charge in [0.15, 0.2) is 0 Å². The predicted octanol–water partition coefficient (Wildman–Crippen LogP) is 4.03. The molecule has 3 aromatic heterocycles. The molecule has 142 valence electrons. The number of hydrogen-bond donors (Lipinski definition) is 1. The number of amides is 1. The number of aromatic nitrogens is 3. The maximum absolute atomic E-state index is 12.7. The zero-order chi connectivity index (χ0) is 19.7. The highest BCUT2D eigenvalue weighted by molar-refractivity contribution is 6.33. The topological polar surface area (TPSA) is 60.6 Å². The molecule has 1 aromatic carbocycles. The van der Waals surface area contributed by atoms with Crippen molar-refractivity contribution in [3.63, 3.8) is 0 Å². The van der Waals surface area contributed by atoms with Crippen LogP contribution in [0.15, 0.2) is 61.2 Å². The Kier molecular flexibility index (Phi) is 4.79. The Morgan fingerprint density at radius 1 is 1.21 bits per heavy atom.